The first-order valence-electron chi connectivity index (χ1n) is 4.92. The summed E-state index contributed by atoms with van der Waals surface area (Å²) in [6.45, 7) is 0.801. The molecule has 2 heterocycles. The Kier molecular flexibility index (Phi) is 2.48. The molecular weight excluding hydrogens is 176 g/mol. The van der Waals surface area contributed by atoms with Gasteiger partial charge in [-0.2, -0.15) is 0 Å². The van der Waals surface area contributed by atoms with Gasteiger partial charge in [-0.25, -0.2) is 0 Å². The van der Waals surface area contributed by atoms with E-state index in [9.17, 15) is 4.79 Å². The van der Waals surface area contributed by atoms with Crippen LogP contribution in [0.25, 0.3) is 0 Å². The van der Waals surface area contributed by atoms with Crippen LogP contribution in [-0.4, -0.2) is 29.4 Å². The molecule has 0 N–H and O–H groups in total. The van der Waals surface area contributed by atoms with E-state index >= 15 is 0 Å². The van der Waals surface area contributed by atoms with Gasteiger partial charge in [-0.05, 0) is 18.6 Å². The Morgan fingerprint density at radius 3 is 3.00 bits per heavy atom. The number of hydrogen-bond donors (Lipinski definition) is 0. The fourth-order valence-corrected chi connectivity index (χ4v) is 1.87. The van der Waals surface area contributed by atoms with Crippen molar-refractivity contribution in [2.75, 3.05) is 13.6 Å². The van der Waals surface area contributed by atoms with Gasteiger partial charge in [-0.15, -0.1) is 0 Å². The molecule has 1 aliphatic rings. The summed E-state index contributed by atoms with van der Waals surface area (Å²) in [5.74, 6) is 0.663. The predicted octanol–water partition coefficient (Wildman–Crippen LogP) is 1.42. The van der Waals surface area contributed by atoms with Gasteiger partial charge in [0.25, 0.3) is 0 Å². The molecule has 0 bridgehead atoms. The SMILES string of the molecule is CN1CC(c2ccccn2)CCC1=O. The maximum atomic E-state index is 11.3. The van der Waals surface area contributed by atoms with Crippen molar-refractivity contribution >= 4 is 5.91 Å². The topological polar surface area (TPSA) is 33.2 Å². The number of hydrogen-bond acceptors (Lipinski definition) is 2. The molecule has 0 aliphatic carbocycles. The summed E-state index contributed by atoms with van der Waals surface area (Å²) in [4.78, 5) is 17.4. The third kappa shape index (κ3) is 1.76. The predicted molar refractivity (Wildman–Crippen MR) is 53.8 cm³/mol. The highest BCUT2D eigenvalue weighted by atomic mass is 16.2. The number of carbonyl (C=O) groups is 1. The molecule has 3 heteroatoms. The van der Waals surface area contributed by atoms with Crippen molar-refractivity contribution in [2.24, 2.45) is 0 Å². The first-order chi connectivity index (χ1) is 6.77. The minimum Gasteiger partial charge on any atom is -0.345 e. The Labute approximate surface area is 83.8 Å². The molecule has 2 rings (SSSR count). The van der Waals surface area contributed by atoms with Crippen LogP contribution in [-0.2, 0) is 4.79 Å². The van der Waals surface area contributed by atoms with Gasteiger partial charge in [0.2, 0.25) is 5.91 Å². The van der Waals surface area contributed by atoms with E-state index in [-0.39, 0.29) is 5.91 Å². The molecule has 1 aliphatic heterocycles. The van der Waals surface area contributed by atoms with Crippen LogP contribution in [0, 0.1) is 0 Å². The summed E-state index contributed by atoms with van der Waals surface area (Å²) < 4.78 is 0. The smallest absolute Gasteiger partial charge is 0.222 e. The number of rotatable bonds is 1. The molecule has 14 heavy (non-hydrogen) atoms. The van der Waals surface area contributed by atoms with Gasteiger partial charge in [0.15, 0.2) is 0 Å². The zero-order chi connectivity index (χ0) is 9.97. The Hall–Kier alpha value is -1.38. The van der Waals surface area contributed by atoms with Crippen molar-refractivity contribution in [3.05, 3.63) is 30.1 Å². The lowest BCUT2D eigenvalue weighted by atomic mass is 9.94. The van der Waals surface area contributed by atoms with Gasteiger partial charge in [0.1, 0.15) is 0 Å². The van der Waals surface area contributed by atoms with E-state index < -0.39 is 0 Å². The van der Waals surface area contributed by atoms with E-state index in [1.165, 1.54) is 0 Å². The maximum Gasteiger partial charge on any atom is 0.222 e. The van der Waals surface area contributed by atoms with Crippen LogP contribution in [0.1, 0.15) is 24.5 Å². The normalized spacial score (nSPS) is 22.5. The fourth-order valence-electron chi connectivity index (χ4n) is 1.87. The average Bonchev–Trinajstić information content (AvgIpc) is 2.23. The van der Waals surface area contributed by atoms with Gasteiger partial charge in [0.05, 0.1) is 0 Å². The molecule has 1 aromatic rings. The zero-order valence-corrected chi connectivity index (χ0v) is 8.31. The number of nitrogens with zero attached hydrogens (tertiary/aromatic N) is 2. The van der Waals surface area contributed by atoms with Crippen molar-refractivity contribution in [3.8, 4) is 0 Å². The van der Waals surface area contributed by atoms with Crippen LogP contribution >= 0.6 is 0 Å². The maximum absolute atomic E-state index is 11.3. The second-order valence-corrected chi connectivity index (χ2v) is 3.76. The second-order valence-electron chi connectivity index (χ2n) is 3.76. The van der Waals surface area contributed by atoms with Gasteiger partial charge >= 0.3 is 0 Å². The molecule has 1 unspecified atom stereocenters. The molecule has 0 saturated carbocycles. The molecule has 1 atom stereocenters. The molecule has 0 aromatic carbocycles. The van der Waals surface area contributed by atoms with Gasteiger partial charge in [-0.1, -0.05) is 6.07 Å². The molecule has 1 saturated heterocycles. The standard InChI is InChI=1S/C11H14N2O/c1-13-8-9(5-6-11(13)14)10-4-2-3-7-12-10/h2-4,7,9H,5-6,8H2,1H3. The summed E-state index contributed by atoms with van der Waals surface area (Å²) in [6, 6.07) is 5.95. The zero-order valence-electron chi connectivity index (χ0n) is 8.31. The molecule has 74 valence electrons. The van der Waals surface area contributed by atoms with Gasteiger partial charge in [-0.3, -0.25) is 9.78 Å². The highest BCUT2D eigenvalue weighted by Crippen LogP contribution is 2.24. The van der Waals surface area contributed by atoms with E-state index in [0.717, 1.165) is 18.7 Å². The van der Waals surface area contributed by atoms with E-state index in [1.54, 1.807) is 4.90 Å². The van der Waals surface area contributed by atoms with Crippen molar-refractivity contribution in [3.63, 3.8) is 0 Å². The lowest BCUT2D eigenvalue weighted by molar-refractivity contribution is -0.132. The van der Waals surface area contributed by atoms with Crippen molar-refractivity contribution in [1.29, 1.82) is 0 Å². The Balaban J connectivity index is 2.11. The summed E-state index contributed by atoms with van der Waals surface area (Å²) in [5, 5.41) is 0. The monoisotopic (exact) mass is 190 g/mol. The fraction of sp³-hybridized carbons (Fsp3) is 0.455. The van der Waals surface area contributed by atoms with Crippen LogP contribution in [0.2, 0.25) is 0 Å². The van der Waals surface area contributed by atoms with E-state index in [0.29, 0.717) is 12.3 Å². The highest BCUT2D eigenvalue weighted by Gasteiger charge is 2.24. The van der Waals surface area contributed by atoms with Crippen LogP contribution < -0.4 is 0 Å². The Morgan fingerprint density at radius 1 is 1.50 bits per heavy atom. The number of pyridine rings is 1. The quantitative estimate of drug-likeness (QED) is 0.671. The van der Waals surface area contributed by atoms with Gasteiger partial charge < -0.3 is 4.90 Å². The van der Waals surface area contributed by atoms with Crippen molar-refractivity contribution in [2.45, 2.75) is 18.8 Å². The number of likely N-dealkylation sites (N-methyl/N-ethyl adjacent to an activating group) is 1. The number of carbonyl (C=O) groups excluding carboxylic acids is 1. The molecule has 0 radical (unpaired) electrons. The molecule has 0 spiro atoms. The largest absolute Gasteiger partial charge is 0.345 e. The Bertz CT molecular complexity index is 323. The molecule has 1 amide bonds. The van der Waals surface area contributed by atoms with Gasteiger partial charge in [0, 0.05) is 37.8 Å². The highest BCUT2D eigenvalue weighted by molar-refractivity contribution is 5.76. The summed E-state index contributed by atoms with van der Waals surface area (Å²) in [6.07, 6.45) is 3.39. The lowest BCUT2D eigenvalue weighted by Crippen LogP contribution is -2.36. The molecule has 3 nitrogen and oxygen atoms in total. The first-order valence-corrected chi connectivity index (χ1v) is 4.92. The number of amides is 1. The van der Waals surface area contributed by atoms with Crippen molar-refractivity contribution in [1.82, 2.24) is 9.88 Å². The van der Waals surface area contributed by atoms with Crippen LogP contribution in [0.5, 0.6) is 0 Å². The third-order valence-electron chi connectivity index (χ3n) is 2.73. The van der Waals surface area contributed by atoms with Crippen LogP contribution in [0.15, 0.2) is 24.4 Å². The minimum atomic E-state index is 0.247. The third-order valence-corrected chi connectivity index (χ3v) is 2.73. The minimum absolute atomic E-state index is 0.247. The molecular formula is C11H14N2O. The molecule has 1 fully saturated rings. The van der Waals surface area contributed by atoms with Crippen LogP contribution in [0.3, 0.4) is 0 Å². The van der Waals surface area contributed by atoms with Crippen molar-refractivity contribution < 1.29 is 4.79 Å². The molecule has 1 aromatic heterocycles. The first kappa shape index (κ1) is 9.19. The summed E-state index contributed by atoms with van der Waals surface area (Å²) in [7, 11) is 1.86. The lowest BCUT2D eigenvalue weighted by Gasteiger charge is -2.29. The average molecular weight is 190 g/mol. The van der Waals surface area contributed by atoms with Crippen LogP contribution in [0.4, 0.5) is 0 Å². The summed E-state index contributed by atoms with van der Waals surface area (Å²) >= 11 is 0. The second kappa shape index (κ2) is 3.78. The van der Waals surface area contributed by atoms with E-state index in [2.05, 4.69) is 4.98 Å². The Morgan fingerprint density at radius 2 is 2.36 bits per heavy atom. The number of aromatic nitrogens is 1. The summed E-state index contributed by atoms with van der Waals surface area (Å²) in [5.41, 5.74) is 1.10. The number of likely N-dealkylation sites (tertiary alicyclic amines) is 1. The number of piperidine rings is 1. The van der Waals surface area contributed by atoms with E-state index in [1.807, 2.05) is 31.4 Å². The van der Waals surface area contributed by atoms with E-state index in [4.69, 9.17) is 0 Å².